The Morgan fingerprint density at radius 1 is 1.31 bits per heavy atom. The van der Waals surface area contributed by atoms with Gasteiger partial charge >= 0.3 is 5.97 Å². The van der Waals surface area contributed by atoms with E-state index in [1.807, 2.05) is 13.8 Å². The first-order valence-electron chi connectivity index (χ1n) is 6.27. The van der Waals surface area contributed by atoms with Crippen LogP contribution < -0.4 is 0 Å². The molecular formula is C13H25NO2. The summed E-state index contributed by atoms with van der Waals surface area (Å²) in [6.45, 7) is 6.36. The van der Waals surface area contributed by atoms with Crippen LogP contribution in [0.25, 0.3) is 0 Å². The highest BCUT2D eigenvalue weighted by atomic mass is 16.4. The summed E-state index contributed by atoms with van der Waals surface area (Å²) in [6, 6.07) is 0.561. The second-order valence-corrected chi connectivity index (χ2v) is 5.91. The van der Waals surface area contributed by atoms with Crippen LogP contribution in [0.1, 0.15) is 52.9 Å². The number of carboxylic acid groups (broad SMARTS) is 1. The van der Waals surface area contributed by atoms with Gasteiger partial charge in [0.25, 0.3) is 0 Å². The molecule has 1 rings (SSSR count). The highest BCUT2D eigenvalue weighted by Crippen LogP contribution is 2.31. The summed E-state index contributed by atoms with van der Waals surface area (Å²) in [7, 11) is 2.07. The van der Waals surface area contributed by atoms with Crippen molar-refractivity contribution < 1.29 is 9.90 Å². The first kappa shape index (κ1) is 13.5. The third kappa shape index (κ3) is 3.48. The van der Waals surface area contributed by atoms with E-state index in [1.54, 1.807) is 0 Å². The fourth-order valence-corrected chi connectivity index (χ4v) is 2.62. The Morgan fingerprint density at radius 2 is 1.81 bits per heavy atom. The van der Waals surface area contributed by atoms with Gasteiger partial charge in [0.1, 0.15) is 0 Å². The number of aliphatic carboxylic acids is 1. The summed E-state index contributed by atoms with van der Waals surface area (Å²) in [5.74, 6) is 0.133. The van der Waals surface area contributed by atoms with Gasteiger partial charge in [0, 0.05) is 11.6 Å². The van der Waals surface area contributed by atoms with Gasteiger partial charge in [0.2, 0.25) is 0 Å². The van der Waals surface area contributed by atoms with Crippen LogP contribution in [-0.2, 0) is 4.79 Å². The van der Waals surface area contributed by atoms with E-state index in [-0.39, 0.29) is 12.0 Å². The number of hydrogen-bond donors (Lipinski definition) is 1. The Hall–Kier alpha value is -0.570. The van der Waals surface area contributed by atoms with Gasteiger partial charge in [-0.2, -0.15) is 0 Å². The van der Waals surface area contributed by atoms with E-state index in [0.29, 0.717) is 6.04 Å². The second kappa shape index (κ2) is 5.17. The minimum atomic E-state index is -0.707. The molecule has 1 N–H and O–H groups in total. The topological polar surface area (TPSA) is 40.5 Å². The van der Waals surface area contributed by atoms with E-state index < -0.39 is 5.97 Å². The Labute approximate surface area is 98.8 Å². The molecule has 0 spiro atoms. The maximum atomic E-state index is 10.8. The lowest BCUT2D eigenvalue weighted by Gasteiger charge is -2.43. The fourth-order valence-electron chi connectivity index (χ4n) is 2.62. The predicted octanol–water partition coefficient (Wildman–Crippen LogP) is 2.75. The zero-order chi connectivity index (χ0) is 12.3. The average molecular weight is 227 g/mol. The van der Waals surface area contributed by atoms with E-state index in [4.69, 9.17) is 5.11 Å². The van der Waals surface area contributed by atoms with Crippen LogP contribution in [0.15, 0.2) is 0 Å². The summed E-state index contributed by atoms with van der Waals surface area (Å²) < 4.78 is 0. The van der Waals surface area contributed by atoms with Gasteiger partial charge in [-0.25, -0.2) is 0 Å². The SMILES string of the molecule is CC1CCC(N(C)C(C)(C)CC(=O)O)CC1. The highest BCUT2D eigenvalue weighted by molar-refractivity contribution is 5.68. The van der Waals surface area contributed by atoms with E-state index in [9.17, 15) is 4.79 Å². The number of nitrogens with zero attached hydrogens (tertiary/aromatic N) is 1. The first-order valence-corrected chi connectivity index (χ1v) is 6.27. The smallest absolute Gasteiger partial charge is 0.305 e. The van der Waals surface area contributed by atoms with Crippen LogP contribution >= 0.6 is 0 Å². The molecule has 0 saturated heterocycles. The van der Waals surface area contributed by atoms with Crippen LogP contribution in [0.3, 0.4) is 0 Å². The molecule has 0 aromatic carbocycles. The minimum absolute atomic E-state index is 0.218. The van der Waals surface area contributed by atoms with Gasteiger partial charge in [-0.3, -0.25) is 9.69 Å². The lowest BCUT2D eigenvalue weighted by atomic mass is 9.84. The summed E-state index contributed by atoms with van der Waals surface area (Å²) in [4.78, 5) is 13.1. The third-order valence-corrected chi connectivity index (χ3v) is 4.07. The monoisotopic (exact) mass is 227 g/mol. The molecule has 0 amide bonds. The van der Waals surface area contributed by atoms with Gasteiger partial charge in [-0.15, -0.1) is 0 Å². The Balaban J connectivity index is 2.55. The largest absolute Gasteiger partial charge is 0.481 e. The molecule has 3 heteroatoms. The van der Waals surface area contributed by atoms with Crippen LogP contribution in [0.5, 0.6) is 0 Å². The van der Waals surface area contributed by atoms with E-state index in [1.165, 1.54) is 25.7 Å². The average Bonchev–Trinajstić information content (AvgIpc) is 2.16. The van der Waals surface area contributed by atoms with Gasteiger partial charge in [-0.1, -0.05) is 6.92 Å². The molecule has 16 heavy (non-hydrogen) atoms. The maximum absolute atomic E-state index is 10.8. The summed E-state index contributed by atoms with van der Waals surface area (Å²) >= 11 is 0. The van der Waals surface area contributed by atoms with Crippen molar-refractivity contribution in [2.75, 3.05) is 7.05 Å². The van der Waals surface area contributed by atoms with E-state index in [0.717, 1.165) is 5.92 Å². The molecule has 0 bridgehead atoms. The number of rotatable bonds is 4. The van der Waals surface area contributed by atoms with Gasteiger partial charge in [0.15, 0.2) is 0 Å². The van der Waals surface area contributed by atoms with Crippen LogP contribution in [0, 0.1) is 5.92 Å². The third-order valence-electron chi connectivity index (χ3n) is 4.07. The quantitative estimate of drug-likeness (QED) is 0.803. The predicted molar refractivity (Wildman–Crippen MR) is 65.5 cm³/mol. The molecule has 0 unspecified atom stereocenters. The lowest BCUT2D eigenvalue weighted by Crippen LogP contribution is -2.49. The molecular weight excluding hydrogens is 202 g/mol. The highest BCUT2D eigenvalue weighted by Gasteiger charge is 2.33. The molecule has 0 aliphatic heterocycles. The molecule has 1 fully saturated rings. The van der Waals surface area contributed by atoms with E-state index in [2.05, 4.69) is 18.9 Å². The summed E-state index contributed by atoms with van der Waals surface area (Å²) in [5.41, 5.74) is -0.239. The van der Waals surface area contributed by atoms with Crippen molar-refractivity contribution in [2.45, 2.75) is 64.5 Å². The van der Waals surface area contributed by atoms with Crippen molar-refractivity contribution in [3.8, 4) is 0 Å². The molecule has 94 valence electrons. The Morgan fingerprint density at radius 3 is 2.25 bits per heavy atom. The Bertz CT molecular complexity index is 242. The molecule has 0 heterocycles. The molecule has 1 aliphatic carbocycles. The van der Waals surface area contributed by atoms with Crippen molar-refractivity contribution in [3.63, 3.8) is 0 Å². The van der Waals surface area contributed by atoms with Crippen LogP contribution in [0.4, 0.5) is 0 Å². The normalized spacial score (nSPS) is 27.1. The first-order chi connectivity index (χ1) is 7.33. The van der Waals surface area contributed by atoms with Crippen molar-refractivity contribution in [3.05, 3.63) is 0 Å². The van der Waals surface area contributed by atoms with E-state index >= 15 is 0 Å². The molecule has 1 saturated carbocycles. The molecule has 0 atom stereocenters. The molecule has 1 aliphatic rings. The second-order valence-electron chi connectivity index (χ2n) is 5.91. The van der Waals surface area contributed by atoms with Crippen molar-refractivity contribution in [2.24, 2.45) is 5.92 Å². The zero-order valence-corrected chi connectivity index (χ0v) is 11.0. The Kier molecular flexibility index (Phi) is 4.36. The van der Waals surface area contributed by atoms with Crippen molar-refractivity contribution >= 4 is 5.97 Å². The summed E-state index contributed by atoms with van der Waals surface area (Å²) in [6.07, 6.45) is 5.19. The van der Waals surface area contributed by atoms with Gasteiger partial charge in [-0.05, 0) is 52.5 Å². The number of carboxylic acids is 1. The van der Waals surface area contributed by atoms with Crippen molar-refractivity contribution in [1.29, 1.82) is 0 Å². The zero-order valence-electron chi connectivity index (χ0n) is 11.0. The minimum Gasteiger partial charge on any atom is -0.481 e. The number of hydrogen-bond acceptors (Lipinski definition) is 2. The van der Waals surface area contributed by atoms with Crippen molar-refractivity contribution in [1.82, 2.24) is 4.90 Å². The fraction of sp³-hybridized carbons (Fsp3) is 0.923. The molecule has 3 nitrogen and oxygen atoms in total. The van der Waals surface area contributed by atoms with Gasteiger partial charge in [0.05, 0.1) is 6.42 Å². The van der Waals surface area contributed by atoms with Crippen LogP contribution in [0.2, 0.25) is 0 Å². The lowest BCUT2D eigenvalue weighted by molar-refractivity contribution is -0.140. The van der Waals surface area contributed by atoms with Gasteiger partial charge < -0.3 is 5.11 Å². The number of carbonyl (C=O) groups is 1. The van der Waals surface area contributed by atoms with Crippen LogP contribution in [-0.4, -0.2) is 34.6 Å². The molecule has 0 aromatic rings. The molecule has 0 aromatic heterocycles. The standard InChI is InChI=1S/C13H25NO2/c1-10-5-7-11(8-6-10)14(4)13(2,3)9-12(15)16/h10-11H,5-9H2,1-4H3,(H,15,16). The summed E-state index contributed by atoms with van der Waals surface area (Å²) in [5, 5.41) is 8.91. The molecule has 0 radical (unpaired) electrons. The maximum Gasteiger partial charge on any atom is 0.305 e.